The Balaban J connectivity index is 1.28. The summed E-state index contributed by atoms with van der Waals surface area (Å²) in [6, 6.07) is 15.8. The van der Waals surface area contributed by atoms with Gasteiger partial charge in [-0.15, -0.1) is 0 Å². The lowest BCUT2D eigenvalue weighted by Crippen LogP contribution is -2.44. The van der Waals surface area contributed by atoms with Crippen LogP contribution in [0.15, 0.2) is 73.3 Å². The van der Waals surface area contributed by atoms with Gasteiger partial charge in [0.25, 0.3) is 11.8 Å². The number of imidazole rings is 1. The predicted molar refractivity (Wildman–Crippen MR) is 152 cm³/mol. The molecule has 1 fully saturated rings. The maximum Gasteiger partial charge on any atom is 0.268 e. The van der Waals surface area contributed by atoms with Crippen LogP contribution in [0.1, 0.15) is 24.3 Å². The van der Waals surface area contributed by atoms with Gasteiger partial charge in [0.2, 0.25) is 0 Å². The molecule has 2 aromatic carbocycles. The Morgan fingerprint density at radius 2 is 1.93 bits per heavy atom. The highest BCUT2D eigenvalue weighted by Gasteiger charge is 2.32. The van der Waals surface area contributed by atoms with Crippen molar-refractivity contribution in [1.29, 1.82) is 0 Å². The van der Waals surface area contributed by atoms with Crippen molar-refractivity contribution in [3.8, 4) is 22.6 Å². The normalized spacial score (nSPS) is 14.5. The van der Waals surface area contributed by atoms with Crippen molar-refractivity contribution in [3.05, 3.63) is 79.0 Å². The van der Waals surface area contributed by atoms with E-state index in [0.29, 0.717) is 37.1 Å². The van der Waals surface area contributed by atoms with Crippen LogP contribution in [0.3, 0.4) is 0 Å². The molecule has 0 radical (unpaired) electrons. The monoisotopic (exact) mass is 557 g/mol. The molecular formula is C30H29F2N7O2. The number of amides is 1. The third-order valence-corrected chi connectivity index (χ3v) is 7.27. The Morgan fingerprint density at radius 3 is 2.61 bits per heavy atom. The van der Waals surface area contributed by atoms with Crippen molar-refractivity contribution in [2.45, 2.75) is 32.4 Å². The molecule has 0 unspecified atom stereocenters. The van der Waals surface area contributed by atoms with Crippen LogP contribution in [0.4, 0.5) is 20.3 Å². The highest BCUT2D eigenvalue weighted by molar-refractivity contribution is 5.99. The lowest BCUT2D eigenvalue weighted by atomic mass is 10.1. The SMILES string of the molecule is C[C@H](NC(=O)c1cc2ccc(-c3nccc(Nc4ccc(-c5cnc[nH]5)cc4)n3)cc2n1CC1COC1)C(C)(F)F. The molecule has 1 amide bonds. The number of aromatic amines is 1. The van der Waals surface area contributed by atoms with Crippen molar-refractivity contribution in [1.82, 2.24) is 29.8 Å². The van der Waals surface area contributed by atoms with Crippen molar-refractivity contribution in [3.63, 3.8) is 0 Å². The molecule has 6 rings (SSSR count). The van der Waals surface area contributed by atoms with Gasteiger partial charge >= 0.3 is 0 Å². The summed E-state index contributed by atoms with van der Waals surface area (Å²) >= 11 is 0. The van der Waals surface area contributed by atoms with E-state index in [9.17, 15) is 13.6 Å². The second-order valence-corrected chi connectivity index (χ2v) is 10.4. The van der Waals surface area contributed by atoms with Crippen molar-refractivity contribution in [2.75, 3.05) is 18.5 Å². The zero-order valence-electron chi connectivity index (χ0n) is 22.6. The molecule has 210 valence electrons. The van der Waals surface area contributed by atoms with Crippen LogP contribution in [0.5, 0.6) is 0 Å². The van der Waals surface area contributed by atoms with Crippen LogP contribution < -0.4 is 10.6 Å². The molecule has 0 bridgehead atoms. The maximum atomic E-state index is 13.8. The molecule has 0 spiro atoms. The number of benzene rings is 2. The summed E-state index contributed by atoms with van der Waals surface area (Å²) in [6.07, 6.45) is 5.10. The zero-order valence-corrected chi connectivity index (χ0v) is 22.6. The molecule has 3 aromatic heterocycles. The van der Waals surface area contributed by atoms with E-state index in [4.69, 9.17) is 9.72 Å². The van der Waals surface area contributed by atoms with Gasteiger partial charge in [-0.1, -0.05) is 24.3 Å². The average molecular weight is 558 g/mol. The van der Waals surface area contributed by atoms with E-state index >= 15 is 0 Å². The number of carbonyl (C=O) groups excluding carboxylic acids is 1. The van der Waals surface area contributed by atoms with Crippen LogP contribution in [-0.4, -0.2) is 55.6 Å². The van der Waals surface area contributed by atoms with E-state index in [-0.39, 0.29) is 5.92 Å². The number of hydrogen-bond donors (Lipinski definition) is 3. The van der Waals surface area contributed by atoms with Crippen molar-refractivity contribution >= 4 is 28.3 Å². The smallest absolute Gasteiger partial charge is 0.268 e. The molecule has 0 saturated carbocycles. The molecule has 1 aliphatic heterocycles. The standard InChI is InChI=1S/C30H29F2N7O2/c1-18(30(2,31)32)36-29(40)26-11-21-3-4-22(12-25(21)39(26)14-19-15-41-16-19)28-34-10-9-27(38-28)37-23-7-5-20(6-8-23)24-13-33-17-35-24/h3-13,17-19H,14-16H2,1-2H3,(H,33,35)(H,36,40)(H,34,37,38)/t18-/m0/s1. The van der Waals surface area contributed by atoms with Gasteiger partial charge in [0, 0.05) is 47.7 Å². The summed E-state index contributed by atoms with van der Waals surface area (Å²) < 4.78 is 34.8. The molecule has 1 aliphatic rings. The number of nitrogens with zero attached hydrogens (tertiary/aromatic N) is 4. The number of ether oxygens (including phenoxy) is 1. The maximum absolute atomic E-state index is 13.8. The molecule has 4 heterocycles. The summed E-state index contributed by atoms with van der Waals surface area (Å²) in [5, 5.41) is 6.59. The number of anilines is 2. The van der Waals surface area contributed by atoms with E-state index in [0.717, 1.165) is 40.3 Å². The number of halogens is 2. The minimum absolute atomic E-state index is 0.231. The lowest BCUT2D eigenvalue weighted by molar-refractivity contribution is -0.0391. The minimum atomic E-state index is -3.04. The zero-order chi connectivity index (χ0) is 28.6. The van der Waals surface area contributed by atoms with Gasteiger partial charge < -0.3 is 24.9 Å². The number of aromatic nitrogens is 5. The van der Waals surface area contributed by atoms with Crippen LogP contribution in [0.25, 0.3) is 33.5 Å². The van der Waals surface area contributed by atoms with Crippen molar-refractivity contribution < 1.29 is 18.3 Å². The summed E-state index contributed by atoms with van der Waals surface area (Å²) in [7, 11) is 0. The van der Waals surface area contributed by atoms with E-state index in [2.05, 4.69) is 25.6 Å². The second kappa shape index (κ2) is 10.7. The van der Waals surface area contributed by atoms with Gasteiger partial charge in [-0.25, -0.2) is 23.7 Å². The van der Waals surface area contributed by atoms with Crippen LogP contribution >= 0.6 is 0 Å². The number of nitrogens with one attached hydrogen (secondary N) is 3. The Hall–Kier alpha value is -4.64. The number of alkyl halides is 2. The fraction of sp³-hybridized carbons (Fsp3) is 0.267. The molecule has 1 atom stereocenters. The third kappa shape index (κ3) is 5.66. The van der Waals surface area contributed by atoms with Gasteiger partial charge in [0.15, 0.2) is 5.82 Å². The van der Waals surface area contributed by atoms with Crippen LogP contribution in [0.2, 0.25) is 0 Å². The molecule has 0 aliphatic carbocycles. The molecule has 41 heavy (non-hydrogen) atoms. The Labute approximate surface area is 235 Å². The topological polar surface area (TPSA) is 110 Å². The Bertz CT molecular complexity index is 1670. The molecule has 1 saturated heterocycles. The summed E-state index contributed by atoms with van der Waals surface area (Å²) in [6.45, 7) is 3.80. The largest absolute Gasteiger partial charge is 0.381 e. The van der Waals surface area contributed by atoms with Gasteiger partial charge in [0.05, 0.1) is 37.5 Å². The van der Waals surface area contributed by atoms with E-state index in [1.807, 2.05) is 47.0 Å². The van der Waals surface area contributed by atoms with E-state index in [1.165, 1.54) is 6.92 Å². The first-order valence-electron chi connectivity index (χ1n) is 13.3. The van der Waals surface area contributed by atoms with E-state index < -0.39 is 17.9 Å². The van der Waals surface area contributed by atoms with Gasteiger partial charge in [-0.3, -0.25) is 4.79 Å². The molecule has 11 heteroatoms. The van der Waals surface area contributed by atoms with Crippen LogP contribution in [0, 0.1) is 5.92 Å². The minimum Gasteiger partial charge on any atom is -0.381 e. The second-order valence-electron chi connectivity index (χ2n) is 10.4. The van der Waals surface area contributed by atoms with Crippen molar-refractivity contribution in [2.24, 2.45) is 5.92 Å². The molecule has 5 aromatic rings. The number of carbonyl (C=O) groups is 1. The summed E-state index contributed by atoms with van der Waals surface area (Å²) in [5.41, 5.74) is 4.71. The fourth-order valence-corrected chi connectivity index (χ4v) is 4.69. The Kier molecular flexibility index (Phi) is 6.96. The number of fused-ring (bicyclic) bond motifs is 1. The highest BCUT2D eigenvalue weighted by Crippen LogP contribution is 2.29. The summed E-state index contributed by atoms with van der Waals surface area (Å²) in [4.78, 5) is 29.4. The summed E-state index contributed by atoms with van der Waals surface area (Å²) in [5.74, 6) is -2.22. The van der Waals surface area contributed by atoms with Gasteiger partial charge in [-0.2, -0.15) is 0 Å². The Morgan fingerprint density at radius 1 is 1.15 bits per heavy atom. The quantitative estimate of drug-likeness (QED) is 0.216. The van der Waals surface area contributed by atoms with Crippen LogP contribution in [-0.2, 0) is 11.3 Å². The van der Waals surface area contributed by atoms with Gasteiger partial charge in [-0.05, 0) is 42.8 Å². The number of H-pyrrole nitrogens is 1. The average Bonchev–Trinajstić information content (AvgIpc) is 3.59. The lowest BCUT2D eigenvalue weighted by Gasteiger charge is -2.28. The third-order valence-electron chi connectivity index (χ3n) is 7.27. The number of rotatable bonds is 9. The number of hydrogen-bond acceptors (Lipinski definition) is 6. The first kappa shape index (κ1) is 26.6. The predicted octanol–water partition coefficient (Wildman–Crippen LogP) is 5.65. The fourth-order valence-electron chi connectivity index (χ4n) is 4.69. The first-order chi connectivity index (χ1) is 19.7. The molecular weight excluding hydrogens is 528 g/mol. The molecule has 9 nitrogen and oxygen atoms in total. The van der Waals surface area contributed by atoms with Gasteiger partial charge in [0.1, 0.15) is 11.5 Å². The first-order valence-corrected chi connectivity index (χ1v) is 13.3. The molecule has 3 N–H and O–H groups in total. The van der Waals surface area contributed by atoms with E-state index in [1.54, 1.807) is 30.9 Å². The highest BCUT2D eigenvalue weighted by atomic mass is 19.3.